The summed E-state index contributed by atoms with van der Waals surface area (Å²) in [6, 6.07) is 5.85. The van der Waals surface area contributed by atoms with E-state index in [0.717, 1.165) is 12.4 Å². The zero-order chi connectivity index (χ0) is 9.80. The molecule has 2 aromatic heterocycles. The minimum atomic E-state index is 0.819. The van der Waals surface area contributed by atoms with Crippen molar-refractivity contribution in [3.05, 3.63) is 55.8 Å². The zero-order valence-corrected chi connectivity index (χ0v) is 7.87. The molecule has 0 spiro atoms. The monoisotopic (exact) mass is 186 g/mol. The number of allylic oxidation sites excluding steroid dienone is 1. The van der Waals surface area contributed by atoms with Gasteiger partial charge in [-0.05, 0) is 6.07 Å². The second kappa shape index (κ2) is 3.87. The van der Waals surface area contributed by atoms with Crippen molar-refractivity contribution in [1.29, 1.82) is 0 Å². The molecule has 0 N–H and O–H groups in total. The summed E-state index contributed by atoms with van der Waals surface area (Å²) < 4.78 is 4.02. The van der Waals surface area contributed by atoms with E-state index in [0.29, 0.717) is 0 Å². The Morgan fingerprint density at radius 1 is 1.50 bits per heavy atom. The Kier molecular flexibility index (Phi) is 2.40. The summed E-state index contributed by atoms with van der Waals surface area (Å²) in [4.78, 5) is 4.25. The number of pyridine rings is 1. The zero-order valence-electron chi connectivity index (χ0n) is 7.87. The molecule has 0 unspecified atom stereocenters. The molecule has 0 bridgehead atoms. The highest BCUT2D eigenvalue weighted by Crippen LogP contribution is 1.99. The third-order valence-corrected chi connectivity index (χ3v) is 1.95. The van der Waals surface area contributed by atoms with Crippen LogP contribution in [0, 0.1) is 0 Å². The van der Waals surface area contributed by atoms with E-state index in [1.807, 2.05) is 52.1 Å². The first kappa shape index (κ1) is 8.69. The minimum Gasteiger partial charge on any atom is -0.233 e. The maximum atomic E-state index is 4.25. The summed E-state index contributed by atoms with van der Waals surface area (Å²) >= 11 is 0. The SMILES string of the molecule is C=CC[n+]1ccn(-c2ccccn2)c1. The summed E-state index contributed by atoms with van der Waals surface area (Å²) in [5.41, 5.74) is 0. The largest absolute Gasteiger partial charge is 0.250 e. The van der Waals surface area contributed by atoms with E-state index < -0.39 is 0 Å². The fraction of sp³-hybridized carbons (Fsp3) is 0.0909. The molecule has 0 saturated carbocycles. The fourth-order valence-corrected chi connectivity index (χ4v) is 1.29. The lowest BCUT2D eigenvalue weighted by Gasteiger charge is -1.91. The third-order valence-electron chi connectivity index (χ3n) is 1.95. The highest BCUT2D eigenvalue weighted by Gasteiger charge is 2.04. The molecule has 0 aliphatic heterocycles. The standard InChI is InChI=1S/C11H12N3/c1-2-7-13-8-9-14(10-13)11-5-3-4-6-12-11/h2-6,8-10H,1,7H2/q+1. The number of imidazole rings is 1. The Morgan fingerprint density at radius 3 is 3.14 bits per heavy atom. The van der Waals surface area contributed by atoms with Crippen molar-refractivity contribution < 1.29 is 4.57 Å². The van der Waals surface area contributed by atoms with Gasteiger partial charge >= 0.3 is 0 Å². The van der Waals surface area contributed by atoms with E-state index in [4.69, 9.17) is 0 Å². The number of nitrogens with zero attached hydrogens (tertiary/aromatic N) is 3. The molecule has 0 aliphatic carbocycles. The summed E-state index contributed by atoms with van der Waals surface area (Å²) in [5, 5.41) is 0. The van der Waals surface area contributed by atoms with E-state index >= 15 is 0 Å². The van der Waals surface area contributed by atoms with Crippen molar-refractivity contribution in [1.82, 2.24) is 9.55 Å². The van der Waals surface area contributed by atoms with Gasteiger partial charge in [-0.25, -0.2) is 9.55 Å². The summed E-state index contributed by atoms with van der Waals surface area (Å²) in [5.74, 6) is 0.926. The molecule has 0 atom stereocenters. The van der Waals surface area contributed by atoms with Crippen LogP contribution in [0.2, 0.25) is 0 Å². The molecule has 2 rings (SSSR count). The van der Waals surface area contributed by atoms with Gasteiger partial charge in [-0.1, -0.05) is 18.7 Å². The van der Waals surface area contributed by atoms with E-state index in [1.165, 1.54) is 0 Å². The van der Waals surface area contributed by atoms with Gasteiger partial charge in [0, 0.05) is 12.3 Å². The Balaban J connectivity index is 2.29. The molecule has 0 aromatic carbocycles. The number of aromatic nitrogens is 3. The molecule has 14 heavy (non-hydrogen) atoms. The van der Waals surface area contributed by atoms with E-state index in [-0.39, 0.29) is 0 Å². The van der Waals surface area contributed by atoms with Gasteiger partial charge in [0.25, 0.3) is 0 Å². The molecule has 0 fully saturated rings. The smallest absolute Gasteiger partial charge is 0.233 e. The van der Waals surface area contributed by atoms with Crippen molar-refractivity contribution in [2.45, 2.75) is 6.54 Å². The lowest BCUT2D eigenvalue weighted by atomic mass is 10.5. The second-order valence-corrected chi connectivity index (χ2v) is 2.99. The van der Waals surface area contributed by atoms with E-state index in [1.54, 1.807) is 6.20 Å². The predicted octanol–water partition coefficient (Wildman–Crippen LogP) is 1.35. The van der Waals surface area contributed by atoms with Crippen LogP contribution in [0.4, 0.5) is 0 Å². The van der Waals surface area contributed by atoms with Crippen LogP contribution in [0.25, 0.3) is 5.82 Å². The van der Waals surface area contributed by atoms with Crippen LogP contribution >= 0.6 is 0 Å². The highest BCUT2D eigenvalue weighted by molar-refractivity contribution is 5.19. The van der Waals surface area contributed by atoms with Crippen LogP contribution in [0.15, 0.2) is 55.8 Å². The maximum absolute atomic E-state index is 4.25. The van der Waals surface area contributed by atoms with Gasteiger partial charge in [-0.15, -0.1) is 0 Å². The Morgan fingerprint density at radius 2 is 2.43 bits per heavy atom. The van der Waals surface area contributed by atoms with Crippen molar-refractivity contribution in [3.8, 4) is 5.82 Å². The molecule has 3 heteroatoms. The quantitative estimate of drug-likeness (QED) is 0.523. The average molecular weight is 186 g/mol. The predicted molar refractivity (Wildman–Crippen MR) is 54.0 cm³/mol. The van der Waals surface area contributed by atoms with Crippen LogP contribution in [0.5, 0.6) is 0 Å². The molecule has 2 heterocycles. The Hall–Kier alpha value is -1.90. The van der Waals surface area contributed by atoms with Crippen LogP contribution in [-0.4, -0.2) is 9.55 Å². The normalized spacial score (nSPS) is 10.0. The number of hydrogen-bond acceptors (Lipinski definition) is 1. The van der Waals surface area contributed by atoms with Gasteiger partial charge in [0.05, 0.1) is 0 Å². The first-order valence-corrected chi connectivity index (χ1v) is 4.49. The third kappa shape index (κ3) is 1.71. The van der Waals surface area contributed by atoms with Crippen LogP contribution in [-0.2, 0) is 6.54 Å². The van der Waals surface area contributed by atoms with E-state index in [9.17, 15) is 0 Å². The summed E-state index contributed by atoms with van der Waals surface area (Å²) in [6.07, 6.45) is 9.61. The molecular formula is C11H12N3+. The molecule has 3 nitrogen and oxygen atoms in total. The molecule has 2 aromatic rings. The van der Waals surface area contributed by atoms with Gasteiger partial charge in [0.2, 0.25) is 12.1 Å². The first-order chi connectivity index (χ1) is 6.90. The van der Waals surface area contributed by atoms with Gasteiger partial charge in [-0.3, -0.25) is 0 Å². The van der Waals surface area contributed by atoms with Crippen LogP contribution < -0.4 is 4.57 Å². The highest BCUT2D eigenvalue weighted by atomic mass is 15.1. The lowest BCUT2D eigenvalue weighted by Crippen LogP contribution is -2.29. The van der Waals surface area contributed by atoms with Gasteiger partial charge in [0.15, 0.2) is 0 Å². The average Bonchev–Trinajstić information content (AvgIpc) is 2.68. The molecule has 70 valence electrons. The van der Waals surface area contributed by atoms with Gasteiger partial charge in [0.1, 0.15) is 18.9 Å². The van der Waals surface area contributed by atoms with Crippen LogP contribution in [0.1, 0.15) is 0 Å². The molecule has 0 radical (unpaired) electrons. The Bertz CT molecular complexity index is 417. The van der Waals surface area contributed by atoms with Crippen LogP contribution in [0.3, 0.4) is 0 Å². The van der Waals surface area contributed by atoms with Gasteiger partial charge < -0.3 is 0 Å². The summed E-state index contributed by atoms with van der Waals surface area (Å²) in [7, 11) is 0. The van der Waals surface area contributed by atoms with Crippen molar-refractivity contribution in [3.63, 3.8) is 0 Å². The van der Waals surface area contributed by atoms with Gasteiger partial charge in [-0.2, -0.15) is 4.57 Å². The number of rotatable bonds is 3. The molecule has 0 saturated heterocycles. The minimum absolute atomic E-state index is 0.819. The first-order valence-electron chi connectivity index (χ1n) is 4.49. The Labute approximate surface area is 83.0 Å². The van der Waals surface area contributed by atoms with Crippen molar-refractivity contribution in [2.24, 2.45) is 0 Å². The second-order valence-electron chi connectivity index (χ2n) is 2.99. The number of hydrogen-bond donors (Lipinski definition) is 0. The van der Waals surface area contributed by atoms with Crippen molar-refractivity contribution in [2.75, 3.05) is 0 Å². The topological polar surface area (TPSA) is 21.7 Å². The van der Waals surface area contributed by atoms with E-state index in [2.05, 4.69) is 11.6 Å². The lowest BCUT2D eigenvalue weighted by molar-refractivity contribution is -0.686. The molecular weight excluding hydrogens is 174 g/mol. The fourth-order valence-electron chi connectivity index (χ4n) is 1.29. The summed E-state index contributed by atoms with van der Waals surface area (Å²) in [6.45, 7) is 4.51. The molecule has 0 amide bonds. The molecule has 0 aliphatic rings. The maximum Gasteiger partial charge on any atom is 0.250 e. The van der Waals surface area contributed by atoms with Crippen molar-refractivity contribution >= 4 is 0 Å².